The van der Waals surface area contributed by atoms with Crippen LogP contribution in [0.3, 0.4) is 0 Å². The number of aliphatic hydroxyl groups excluding tert-OH is 1. The summed E-state index contributed by atoms with van der Waals surface area (Å²) in [5.41, 5.74) is 0.683. The third-order valence-electron chi connectivity index (χ3n) is 5.49. The van der Waals surface area contributed by atoms with Crippen molar-refractivity contribution in [1.29, 1.82) is 0 Å². The molecule has 0 aliphatic carbocycles. The summed E-state index contributed by atoms with van der Waals surface area (Å²) < 4.78 is 16.1. The van der Waals surface area contributed by atoms with Gasteiger partial charge in [0.25, 0.3) is 11.7 Å². The molecule has 0 bridgehead atoms. The van der Waals surface area contributed by atoms with E-state index >= 15 is 0 Å². The summed E-state index contributed by atoms with van der Waals surface area (Å²) in [6.07, 6.45) is 1.42. The Bertz CT molecular complexity index is 1290. The number of carbonyl (C=O) groups is 3. The van der Waals surface area contributed by atoms with E-state index in [4.69, 9.17) is 13.9 Å². The summed E-state index contributed by atoms with van der Waals surface area (Å²) in [6.45, 7) is 4.52. The normalized spacial score (nSPS) is 17.1. The number of ketones is 1. The first kappa shape index (κ1) is 23.8. The highest BCUT2D eigenvalue weighted by Gasteiger charge is 2.48. The largest absolute Gasteiger partial charge is 0.507 e. The number of ether oxygens (including phenoxy) is 2. The van der Waals surface area contributed by atoms with Crippen molar-refractivity contribution in [2.75, 3.05) is 18.6 Å². The number of amides is 1. The van der Waals surface area contributed by atoms with Gasteiger partial charge in [0.15, 0.2) is 0 Å². The van der Waals surface area contributed by atoms with E-state index in [2.05, 4.69) is 0 Å². The molecule has 0 spiro atoms. The molecule has 1 aliphatic rings. The molecule has 8 heteroatoms. The van der Waals surface area contributed by atoms with Crippen molar-refractivity contribution in [3.05, 3.63) is 89.4 Å². The number of Topliss-reactive ketones (excluding diaryl/α,β-unsaturated/α-hetero) is 1. The lowest BCUT2D eigenvalue weighted by Crippen LogP contribution is -2.29. The summed E-state index contributed by atoms with van der Waals surface area (Å²) in [6, 6.07) is 15.0. The minimum atomic E-state index is -1.04. The standard InChI is InChI=1S/C27H25NO7/c1-16(2)15-35-20-10-5-7-17(14-20)24(29)22-23(21-11-6-12-34-21)28(26(31)25(22)30)19-9-4-8-18(13-19)27(32)33-3/h4-14,16,23,29H,15H2,1-3H3/b24-22-. The van der Waals surface area contributed by atoms with Crippen LogP contribution in [0.4, 0.5) is 5.69 Å². The molecule has 4 rings (SSSR count). The van der Waals surface area contributed by atoms with E-state index in [1.807, 2.05) is 13.8 Å². The molecule has 1 N–H and O–H groups in total. The van der Waals surface area contributed by atoms with Crippen molar-refractivity contribution in [2.45, 2.75) is 19.9 Å². The maximum atomic E-state index is 13.2. The summed E-state index contributed by atoms with van der Waals surface area (Å²) in [4.78, 5) is 39.7. The smallest absolute Gasteiger partial charge is 0.337 e. The summed E-state index contributed by atoms with van der Waals surface area (Å²) in [7, 11) is 1.25. The zero-order chi connectivity index (χ0) is 25.1. The summed E-state index contributed by atoms with van der Waals surface area (Å²) in [5, 5.41) is 11.2. The number of benzene rings is 2. The number of aliphatic hydroxyl groups is 1. The van der Waals surface area contributed by atoms with Crippen LogP contribution in [0.1, 0.15) is 41.6 Å². The Balaban J connectivity index is 1.83. The summed E-state index contributed by atoms with van der Waals surface area (Å²) >= 11 is 0. The van der Waals surface area contributed by atoms with E-state index in [-0.39, 0.29) is 28.3 Å². The number of esters is 1. The van der Waals surface area contributed by atoms with E-state index in [0.29, 0.717) is 23.8 Å². The zero-order valence-electron chi connectivity index (χ0n) is 19.6. The Labute approximate surface area is 202 Å². The predicted molar refractivity (Wildman–Crippen MR) is 128 cm³/mol. The molecule has 3 aromatic rings. The van der Waals surface area contributed by atoms with Gasteiger partial charge in [0.2, 0.25) is 0 Å². The first-order chi connectivity index (χ1) is 16.8. The minimum absolute atomic E-state index is 0.130. The topological polar surface area (TPSA) is 106 Å². The number of hydrogen-bond donors (Lipinski definition) is 1. The molecule has 180 valence electrons. The Morgan fingerprint density at radius 3 is 2.49 bits per heavy atom. The maximum Gasteiger partial charge on any atom is 0.337 e. The molecule has 1 atom stereocenters. The third-order valence-corrected chi connectivity index (χ3v) is 5.49. The van der Waals surface area contributed by atoms with Gasteiger partial charge in [0, 0.05) is 11.3 Å². The van der Waals surface area contributed by atoms with Gasteiger partial charge in [-0.3, -0.25) is 14.5 Å². The number of rotatable bonds is 7. The molecule has 0 saturated carbocycles. The van der Waals surface area contributed by atoms with Crippen molar-refractivity contribution in [2.24, 2.45) is 5.92 Å². The van der Waals surface area contributed by atoms with Gasteiger partial charge in [-0.05, 0) is 48.4 Å². The van der Waals surface area contributed by atoms with Crippen LogP contribution in [0.5, 0.6) is 5.75 Å². The quantitative estimate of drug-likeness (QED) is 0.228. The number of nitrogens with zero attached hydrogens (tertiary/aromatic N) is 1. The fourth-order valence-electron chi connectivity index (χ4n) is 3.87. The lowest BCUT2D eigenvalue weighted by Gasteiger charge is -2.23. The van der Waals surface area contributed by atoms with Crippen LogP contribution in [0, 0.1) is 5.92 Å². The van der Waals surface area contributed by atoms with Crippen LogP contribution in [-0.4, -0.2) is 36.5 Å². The second-order valence-electron chi connectivity index (χ2n) is 8.46. The third kappa shape index (κ3) is 4.68. The maximum absolute atomic E-state index is 13.2. The van der Waals surface area contributed by atoms with Gasteiger partial charge in [-0.25, -0.2) is 4.79 Å². The van der Waals surface area contributed by atoms with E-state index in [1.165, 1.54) is 30.4 Å². The van der Waals surface area contributed by atoms with Crippen molar-refractivity contribution in [3.63, 3.8) is 0 Å². The van der Waals surface area contributed by atoms with Gasteiger partial charge < -0.3 is 19.0 Å². The van der Waals surface area contributed by atoms with Gasteiger partial charge in [0.1, 0.15) is 23.3 Å². The Morgan fingerprint density at radius 2 is 1.80 bits per heavy atom. The van der Waals surface area contributed by atoms with Crippen molar-refractivity contribution < 1.29 is 33.4 Å². The van der Waals surface area contributed by atoms with E-state index in [0.717, 1.165) is 0 Å². The van der Waals surface area contributed by atoms with Gasteiger partial charge in [-0.2, -0.15) is 0 Å². The van der Waals surface area contributed by atoms with Crippen LogP contribution >= 0.6 is 0 Å². The molecule has 1 amide bonds. The SMILES string of the molecule is COC(=O)c1cccc(N2C(=O)C(=O)/C(=C(\O)c3cccc(OCC(C)C)c3)C2c2ccco2)c1. The number of anilines is 1. The highest BCUT2D eigenvalue weighted by Crippen LogP contribution is 2.42. The average Bonchev–Trinajstić information content (AvgIpc) is 3.49. The minimum Gasteiger partial charge on any atom is -0.507 e. The van der Waals surface area contributed by atoms with Crippen molar-refractivity contribution >= 4 is 29.1 Å². The summed E-state index contributed by atoms with van der Waals surface area (Å²) in [5.74, 6) is -1.57. The molecule has 2 heterocycles. The predicted octanol–water partition coefficient (Wildman–Crippen LogP) is 4.73. The van der Waals surface area contributed by atoms with Crippen LogP contribution in [-0.2, 0) is 14.3 Å². The average molecular weight is 475 g/mol. The van der Waals surface area contributed by atoms with Gasteiger partial charge in [0.05, 0.1) is 31.1 Å². The highest BCUT2D eigenvalue weighted by atomic mass is 16.5. The Morgan fingerprint density at radius 1 is 1.06 bits per heavy atom. The molecule has 0 radical (unpaired) electrons. The van der Waals surface area contributed by atoms with Crippen LogP contribution in [0.25, 0.3) is 5.76 Å². The fraction of sp³-hybridized carbons (Fsp3) is 0.222. The van der Waals surface area contributed by atoms with Gasteiger partial charge in [-0.15, -0.1) is 0 Å². The lowest BCUT2D eigenvalue weighted by atomic mass is 9.99. The van der Waals surface area contributed by atoms with Crippen molar-refractivity contribution in [1.82, 2.24) is 0 Å². The molecule has 1 fully saturated rings. The zero-order valence-corrected chi connectivity index (χ0v) is 19.6. The molecule has 2 aromatic carbocycles. The number of furan rings is 1. The molecular formula is C27H25NO7. The highest BCUT2D eigenvalue weighted by molar-refractivity contribution is 6.51. The number of carbonyl (C=O) groups excluding carboxylic acids is 3. The van der Waals surface area contributed by atoms with E-state index < -0.39 is 23.7 Å². The van der Waals surface area contributed by atoms with E-state index in [9.17, 15) is 19.5 Å². The second kappa shape index (κ2) is 9.89. The Hall–Kier alpha value is -4.33. The molecule has 1 saturated heterocycles. The number of hydrogen-bond acceptors (Lipinski definition) is 7. The van der Waals surface area contributed by atoms with Crippen LogP contribution < -0.4 is 9.64 Å². The van der Waals surface area contributed by atoms with Crippen LogP contribution in [0.15, 0.2) is 76.9 Å². The molecule has 8 nitrogen and oxygen atoms in total. The molecule has 35 heavy (non-hydrogen) atoms. The monoisotopic (exact) mass is 475 g/mol. The van der Waals surface area contributed by atoms with Crippen LogP contribution in [0.2, 0.25) is 0 Å². The molecule has 1 aromatic heterocycles. The number of methoxy groups -OCH3 is 1. The molecule has 1 aliphatic heterocycles. The Kier molecular flexibility index (Phi) is 6.73. The van der Waals surface area contributed by atoms with Crippen molar-refractivity contribution in [3.8, 4) is 5.75 Å². The molecule has 1 unspecified atom stereocenters. The second-order valence-corrected chi connectivity index (χ2v) is 8.46. The lowest BCUT2D eigenvalue weighted by molar-refractivity contribution is -0.132. The molecular weight excluding hydrogens is 450 g/mol. The van der Waals surface area contributed by atoms with E-state index in [1.54, 1.807) is 48.5 Å². The fourth-order valence-corrected chi connectivity index (χ4v) is 3.87. The van der Waals surface area contributed by atoms with Gasteiger partial charge in [-0.1, -0.05) is 32.0 Å². The first-order valence-corrected chi connectivity index (χ1v) is 11.1. The van der Waals surface area contributed by atoms with Gasteiger partial charge >= 0.3 is 5.97 Å². The first-order valence-electron chi connectivity index (χ1n) is 11.1.